The number of benzene rings is 1. The Morgan fingerprint density at radius 2 is 2.12 bits per heavy atom. The predicted octanol–water partition coefficient (Wildman–Crippen LogP) is 2.54. The molecule has 1 aliphatic heterocycles. The lowest BCUT2D eigenvalue weighted by molar-refractivity contribution is -0.225. The molecular weight excluding hydrogens is 338 g/mol. The van der Waals surface area contributed by atoms with Gasteiger partial charge in [0.2, 0.25) is 5.91 Å². The lowest BCUT2D eigenvalue weighted by Crippen LogP contribution is -2.82. The number of halogens is 3. The Morgan fingerprint density at radius 1 is 1.42 bits per heavy atom. The number of rotatable bonds is 3. The van der Waals surface area contributed by atoms with Gasteiger partial charge in [0.15, 0.2) is 0 Å². The van der Waals surface area contributed by atoms with E-state index in [1.165, 1.54) is 12.1 Å². The molecule has 2 aliphatic rings. The van der Waals surface area contributed by atoms with E-state index in [0.717, 1.165) is 18.9 Å². The Hall–Kier alpha value is -1.24. The van der Waals surface area contributed by atoms with Crippen molar-refractivity contribution in [3.05, 3.63) is 35.4 Å². The number of fused-ring (bicyclic) bond motifs is 1. The van der Waals surface area contributed by atoms with E-state index in [0.29, 0.717) is 6.61 Å². The Bertz CT molecular complexity index is 641. The van der Waals surface area contributed by atoms with E-state index in [4.69, 9.17) is 10.5 Å². The monoisotopic (exact) mass is 360 g/mol. The fraction of sp³-hybridized carbons (Fsp3) is 0.588. The molecule has 1 aromatic carbocycles. The van der Waals surface area contributed by atoms with Crippen molar-refractivity contribution < 1.29 is 18.3 Å². The predicted molar refractivity (Wildman–Crippen MR) is 88.6 cm³/mol. The zero-order valence-electron chi connectivity index (χ0n) is 13.8. The van der Waals surface area contributed by atoms with Gasteiger partial charge >= 0.3 is 0 Å². The number of carbonyl (C=O) groups is 1. The molecule has 1 saturated carbocycles. The molecule has 1 amide bonds. The second-order valence-corrected chi connectivity index (χ2v) is 7.05. The number of ether oxygens (including phenoxy) is 1. The van der Waals surface area contributed by atoms with Crippen LogP contribution in [-0.2, 0) is 16.1 Å². The van der Waals surface area contributed by atoms with Crippen LogP contribution in [-0.4, -0.2) is 24.2 Å². The third-order valence-electron chi connectivity index (χ3n) is 5.51. The number of nitrogens with two attached hydrogens (primary N) is 1. The molecule has 0 aromatic heterocycles. The van der Waals surface area contributed by atoms with Crippen LogP contribution in [0, 0.1) is 23.0 Å². The third-order valence-corrected chi connectivity index (χ3v) is 5.51. The molecule has 3 N–H and O–H groups in total. The molecule has 0 radical (unpaired) electrons. The largest absolute Gasteiger partial charge is 0.377 e. The van der Waals surface area contributed by atoms with Crippen molar-refractivity contribution in [2.75, 3.05) is 6.61 Å². The molecule has 1 aliphatic carbocycles. The molecule has 7 heteroatoms. The molecule has 24 heavy (non-hydrogen) atoms. The summed E-state index contributed by atoms with van der Waals surface area (Å²) in [5.74, 6) is -1.65. The summed E-state index contributed by atoms with van der Waals surface area (Å²) >= 11 is 0. The molecule has 4 nitrogen and oxygen atoms in total. The first-order chi connectivity index (χ1) is 10.8. The fourth-order valence-corrected chi connectivity index (χ4v) is 4.02. The van der Waals surface area contributed by atoms with Gasteiger partial charge in [0.05, 0.1) is 6.10 Å². The van der Waals surface area contributed by atoms with Crippen molar-refractivity contribution in [3.8, 4) is 0 Å². The summed E-state index contributed by atoms with van der Waals surface area (Å²) < 4.78 is 32.4. The average Bonchev–Trinajstić information content (AvgIpc) is 2.53. The molecule has 3 unspecified atom stereocenters. The third kappa shape index (κ3) is 2.70. The summed E-state index contributed by atoms with van der Waals surface area (Å²) in [7, 11) is 0. The summed E-state index contributed by atoms with van der Waals surface area (Å²) in [4.78, 5) is 12.7. The number of amides is 1. The van der Waals surface area contributed by atoms with E-state index in [1.54, 1.807) is 0 Å². The Morgan fingerprint density at radius 3 is 2.79 bits per heavy atom. The van der Waals surface area contributed by atoms with Gasteiger partial charge in [-0.25, -0.2) is 8.78 Å². The summed E-state index contributed by atoms with van der Waals surface area (Å²) in [6.45, 7) is 4.54. The Kier molecular flexibility index (Phi) is 5.23. The van der Waals surface area contributed by atoms with Crippen molar-refractivity contribution in [2.24, 2.45) is 17.1 Å². The van der Waals surface area contributed by atoms with Crippen LogP contribution < -0.4 is 11.1 Å². The second-order valence-electron chi connectivity index (χ2n) is 7.05. The molecule has 1 aromatic rings. The second kappa shape index (κ2) is 6.58. The minimum Gasteiger partial charge on any atom is -0.377 e. The van der Waals surface area contributed by atoms with Crippen LogP contribution in [0.1, 0.15) is 32.3 Å². The van der Waals surface area contributed by atoms with Crippen LogP contribution in [0.3, 0.4) is 0 Å². The standard InChI is InChI=1S/C17H22F2N2O2.ClH/c1-16(2)14-12(4-3-7-23-14)17(16,20)15(22)21-9-10-5-6-11(18)8-13(10)19;/h5-6,8,12,14H,3-4,7,9,20H2,1-2H3,(H,21,22);1H. The highest BCUT2D eigenvalue weighted by Gasteiger charge is 2.70. The number of hydrogen-bond acceptors (Lipinski definition) is 3. The zero-order chi connectivity index (χ0) is 16.8. The van der Waals surface area contributed by atoms with Crippen molar-refractivity contribution in [2.45, 2.75) is 44.9 Å². The number of nitrogens with one attached hydrogen (secondary N) is 1. The van der Waals surface area contributed by atoms with Crippen LogP contribution in [0.25, 0.3) is 0 Å². The summed E-state index contributed by atoms with van der Waals surface area (Å²) in [6.07, 6.45) is 1.72. The molecule has 0 bridgehead atoms. The van der Waals surface area contributed by atoms with Crippen molar-refractivity contribution in [1.29, 1.82) is 0 Å². The number of carbonyl (C=O) groups excluding carboxylic acids is 1. The number of hydrogen-bond donors (Lipinski definition) is 2. The molecule has 3 atom stereocenters. The molecule has 1 saturated heterocycles. The summed E-state index contributed by atoms with van der Waals surface area (Å²) in [5.41, 5.74) is 5.18. The molecule has 3 rings (SSSR count). The molecule has 0 spiro atoms. The molecule has 2 fully saturated rings. The van der Waals surface area contributed by atoms with Gasteiger partial charge in [-0.1, -0.05) is 19.9 Å². The van der Waals surface area contributed by atoms with Crippen LogP contribution in [0.4, 0.5) is 8.78 Å². The maximum atomic E-state index is 13.7. The van der Waals surface area contributed by atoms with Crippen molar-refractivity contribution in [1.82, 2.24) is 5.32 Å². The van der Waals surface area contributed by atoms with E-state index < -0.39 is 22.6 Å². The van der Waals surface area contributed by atoms with Gasteiger partial charge in [0.1, 0.15) is 17.2 Å². The van der Waals surface area contributed by atoms with Gasteiger partial charge in [-0.15, -0.1) is 12.4 Å². The first-order valence-electron chi connectivity index (χ1n) is 7.91. The molecule has 134 valence electrons. The van der Waals surface area contributed by atoms with Gasteiger partial charge in [-0.2, -0.15) is 0 Å². The van der Waals surface area contributed by atoms with Crippen LogP contribution in [0.5, 0.6) is 0 Å². The molecular formula is C17H23ClF2N2O2. The highest BCUT2D eigenvalue weighted by atomic mass is 35.5. The van der Waals surface area contributed by atoms with E-state index in [1.807, 2.05) is 13.8 Å². The fourth-order valence-electron chi connectivity index (χ4n) is 4.02. The van der Waals surface area contributed by atoms with Crippen LogP contribution in [0.2, 0.25) is 0 Å². The minimum atomic E-state index is -1.03. The quantitative estimate of drug-likeness (QED) is 0.870. The normalized spacial score (nSPS) is 30.5. The summed E-state index contributed by atoms with van der Waals surface area (Å²) in [6, 6.07) is 3.30. The minimum absolute atomic E-state index is 0. The van der Waals surface area contributed by atoms with Gasteiger partial charge in [0.25, 0.3) is 0 Å². The smallest absolute Gasteiger partial charge is 0.241 e. The molecule has 1 heterocycles. The van der Waals surface area contributed by atoms with Gasteiger partial charge in [-0.3, -0.25) is 4.79 Å². The first kappa shape index (κ1) is 19.1. The SMILES string of the molecule is CC1(C)C2OCCCC2C1(N)C(=O)NCc1ccc(F)cc1F.Cl. The Labute approximate surface area is 146 Å². The van der Waals surface area contributed by atoms with E-state index in [2.05, 4.69) is 5.32 Å². The van der Waals surface area contributed by atoms with Gasteiger partial charge < -0.3 is 15.8 Å². The van der Waals surface area contributed by atoms with E-state index in [-0.39, 0.29) is 42.4 Å². The first-order valence-corrected chi connectivity index (χ1v) is 7.91. The highest BCUT2D eigenvalue weighted by Crippen LogP contribution is 2.57. The topological polar surface area (TPSA) is 64.3 Å². The van der Waals surface area contributed by atoms with Crippen molar-refractivity contribution >= 4 is 18.3 Å². The van der Waals surface area contributed by atoms with E-state index in [9.17, 15) is 13.6 Å². The highest BCUT2D eigenvalue weighted by molar-refractivity contribution is 5.89. The summed E-state index contributed by atoms with van der Waals surface area (Å²) in [5, 5.41) is 2.71. The van der Waals surface area contributed by atoms with Crippen LogP contribution in [0.15, 0.2) is 18.2 Å². The lowest BCUT2D eigenvalue weighted by Gasteiger charge is -2.65. The average molecular weight is 361 g/mol. The Balaban J connectivity index is 0.00000208. The van der Waals surface area contributed by atoms with Crippen molar-refractivity contribution in [3.63, 3.8) is 0 Å². The lowest BCUT2D eigenvalue weighted by atomic mass is 9.46. The van der Waals surface area contributed by atoms with E-state index >= 15 is 0 Å². The zero-order valence-corrected chi connectivity index (χ0v) is 14.6. The maximum Gasteiger partial charge on any atom is 0.241 e. The van der Waals surface area contributed by atoms with Crippen LogP contribution >= 0.6 is 12.4 Å². The maximum absolute atomic E-state index is 13.7. The van der Waals surface area contributed by atoms with Gasteiger partial charge in [0, 0.05) is 36.1 Å². The van der Waals surface area contributed by atoms with Gasteiger partial charge in [-0.05, 0) is 18.9 Å².